The molecule has 0 unspecified atom stereocenters. The van der Waals surface area contributed by atoms with Crippen molar-refractivity contribution in [2.45, 2.75) is 0 Å². The number of anilines is 3. The molecule has 0 atom stereocenters. The van der Waals surface area contributed by atoms with Crippen LogP contribution in [0.1, 0.15) is 10.4 Å². The Bertz CT molecular complexity index is 3380. The number of hydrogen-bond acceptors (Lipinski definition) is 3. The third-order valence-electron chi connectivity index (χ3n) is 11.9. The van der Waals surface area contributed by atoms with Gasteiger partial charge in [-0.25, -0.2) is 0 Å². The van der Waals surface area contributed by atoms with Gasteiger partial charge in [0.05, 0.1) is 29.2 Å². The van der Waals surface area contributed by atoms with Gasteiger partial charge in [0.15, 0.2) is 0 Å². The van der Waals surface area contributed by atoms with Crippen LogP contribution in [0.15, 0.2) is 212 Å². The van der Waals surface area contributed by atoms with Crippen LogP contribution in [0.2, 0.25) is 0 Å². The molecule has 9 aromatic carbocycles. The zero-order valence-electron chi connectivity index (χ0n) is 33.4. The quantitative estimate of drug-likeness (QED) is 0.137. The maximum Gasteiger partial charge on any atom is 0.150 e. The van der Waals surface area contributed by atoms with Crippen LogP contribution in [0.25, 0.3) is 77.2 Å². The van der Waals surface area contributed by atoms with E-state index in [0.29, 0.717) is 5.56 Å². The van der Waals surface area contributed by atoms with Crippen molar-refractivity contribution < 1.29 is 9.53 Å². The molecule has 0 amide bonds. The average molecular weight is 786 g/mol. The van der Waals surface area contributed by atoms with E-state index in [2.05, 4.69) is 190 Å². The van der Waals surface area contributed by atoms with Gasteiger partial charge in [-0.2, -0.15) is 0 Å². The molecule has 2 heterocycles. The van der Waals surface area contributed by atoms with Gasteiger partial charge in [-0.3, -0.25) is 4.79 Å². The Morgan fingerprint density at radius 2 is 0.803 bits per heavy atom. The van der Waals surface area contributed by atoms with Crippen LogP contribution in [0, 0.1) is 0 Å². The molecule has 0 saturated carbocycles. The van der Waals surface area contributed by atoms with Crippen molar-refractivity contribution in [1.82, 2.24) is 9.13 Å². The summed E-state index contributed by atoms with van der Waals surface area (Å²) in [5.41, 5.74) is 15.1. The highest BCUT2D eigenvalue weighted by Gasteiger charge is 2.20. The van der Waals surface area contributed by atoms with Gasteiger partial charge in [0, 0.05) is 55.5 Å². The predicted molar refractivity (Wildman–Crippen MR) is 253 cm³/mol. The Morgan fingerprint density at radius 1 is 0.393 bits per heavy atom. The fraction of sp³-hybridized carbons (Fsp3) is 0.0179. The molecule has 0 aliphatic heterocycles. The minimum absolute atomic E-state index is 0.654. The van der Waals surface area contributed by atoms with Gasteiger partial charge in [-0.15, -0.1) is 0 Å². The molecule has 5 heteroatoms. The van der Waals surface area contributed by atoms with Crippen LogP contribution in [-0.2, 0) is 0 Å². The van der Waals surface area contributed by atoms with E-state index in [0.717, 1.165) is 78.9 Å². The largest absolute Gasteiger partial charge is 0.497 e. The molecule has 0 bridgehead atoms. The molecule has 0 aliphatic rings. The van der Waals surface area contributed by atoms with Crippen molar-refractivity contribution in [3.8, 4) is 39.4 Å². The molecular weight excluding hydrogens is 747 g/mol. The Kier molecular flexibility index (Phi) is 8.79. The van der Waals surface area contributed by atoms with Crippen LogP contribution in [0.3, 0.4) is 0 Å². The lowest BCUT2D eigenvalue weighted by molar-refractivity contribution is 0.112. The van der Waals surface area contributed by atoms with E-state index in [1.165, 1.54) is 27.5 Å². The highest BCUT2D eigenvalue weighted by molar-refractivity contribution is 6.12. The summed E-state index contributed by atoms with van der Waals surface area (Å²) in [6.45, 7) is 0. The number of rotatable bonds is 9. The zero-order valence-corrected chi connectivity index (χ0v) is 33.4. The minimum Gasteiger partial charge on any atom is -0.497 e. The number of carbonyl (C=O) groups is 1. The van der Waals surface area contributed by atoms with Crippen molar-refractivity contribution in [2.24, 2.45) is 0 Å². The molecule has 0 saturated heterocycles. The maximum atomic E-state index is 11.5. The Labute approximate surface area is 353 Å². The summed E-state index contributed by atoms with van der Waals surface area (Å²) in [6, 6.07) is 75.0. The van der Waals surface area contributed by atoms with E-state index < -0.39 is 0 Å². The van der Waals surface area contributed by atoms with Crippen LogP contribution < -0.4 is 9.64 Å². The second kappa shape index (κ2) is 14.9. The van der Waals surface area contributed by atoms with Crippen LogP contribution in [0.4, 0.5) is 17.1 Å². The van der Waals surface area contributed by atoms with E-state index >= 15 is 0 Å². The monoisotopic (exact) mass is 785 g/mol. The summed E-state index contributed by atoms with van der Waals surface area (Å²) in [5.74, 6) is 0.827. The summed E-state index contributed by atoms with van der Waals surface area (Å²) < 4.78 is 10.1. The number of nitrogens with zero attached hydrogens (tertiary/aromatic N) is 3. The zero-order chi connectivity index (χ0) is 40.9. The van der Waals surface area contributed by atoms with Gasteiger partial charge in [0.25, 0.3) is 0 Å². The smallest absolute Gasteiger partial charge is 0.150 e. The molecule has 0 spiro atoms. The van der Waals surface area contributed by atoms with Crippen molar-refractivity contribution in [3.63, 3.8) is 0 Å². The lowest BCUT2D eigenvalue weighted by Gasteiger charge is -2.26. The van der Waals surface area contributed by atoms with E-state index in [1.54, 1.807) is 7.11 Å². The van der Waals surface area contributed by atoms with Crippen LogP contribution in [0.5, 0.6) is 5.75 Å². The first kappa shape index (κ1) is 36.0. The van der Waals surface area contributed by atoms with E-state index in [-0.39, 0.29) is 0 Å². The standard InChI is InChI=1S/C56H39N3O2/c1-61-48-31-27-45(28-32-48)59-54-14-8-6-12-50(54)52-36-47(30-34-56(52)59)57(43-25-21-42(22-26-43)41-19-17-40(18-20-41)39-9-3-2-4-10-39)46-29-33-55-51(35-46)49-11-5-7-13-53(49)58(55)44-23-15-38(37-60)16-24-44/h2-37H,1H3. The van der Waals surface area contributed by atoms with Crippen molar-refractivity contribution >= 4 is 67.0 Å². The molecule has 11 rings (SSSR count). The third kappa shape index (κ3) is 6.23. The van der Waals surface area contributed by atoms with Crippen molar-refractivity contribution in [1.29, 1.82) is 0 Å². The van der Waals surface area contributed by atoms with Gasteiger partial charge in [-0.05, 0) is 131 Å². The number of hydrogen-bond donors (Lipinski definition) is 0. The number of aromatic nitrogens is 2. The van der Waals surface area contributed by atoms with Gasteiger partial charge in [0.1, 0.15) is 12.0 Å². The molecule has 0 N–H and O–H groups in total. The number of aldehydes is 1. The predicted octanol–water partition coefficient (Wildman–Crippen LogP) is 14.5. The fourth-order valence-electron chi connectivity index (χ4n) is 8.93. The molecule has 5 nitrogen and oxygen atoms in total. The lowest BCUT2D eigenvalue weighted by Crippen LogP contribution is -2.10. The second-order valence-electron chi connectivity index (χ2n) is 15.3. The normalized spacial score (nSPS) is 11.4. The van der Waals surface area contributed by atoms with Gasteiger partial charge in [0.2, 0.25) is 0 Å². The first-order valence-corrected chi connectivity index (χ1v) is 20.5. The molecule has 2 aromatic heterocycles. The van der Waals surface area contributed by atoms with Crippen LogP contribution >= 0.6 is 0 Å². The number of fused-ring (bicyclic) bond motifs is 6. The Hall–Kier alpha value is -8.15. The summed E-state index contributed by atoms with van der Waals surface area (Å²) in [6.07, 6.45) is 0.888. The topological polar surface area (TPSA) is 39.4 Å². The van der Waals surface area contributed by atoms with Crippen molar-refractivity contribution in [2.75, 3.05) is 12.0 Å². The fourth-order valence-corrected chi connectivity index (χ4v) is 8.93. The molecule has 290 valence electrons. The van der Waals surface area contributed by atoms with Crippen molar-refractivity contribution in [3.05, 3.63) is 218 Å². The summed E-state index contributed by atoms with van der Waals surface area (Å²) >= 11 is 0. The molecule has 61 heavy (non-hydrogen) atoms. The molecule has 0 radical (unpaired) electrons. The van der Waals surface area contributed by atoms with Gasteiger partial charge >= 0.3 is 0 Å². The van der Waals surface area contributed by atoms with Crippen LogP contribution in [-0.4, -0.2) is 22.5 Å². The van der Waals surface area contributed by atoms with Gasteiger partial charge in [-0.1, -0.05) is 103 Å². The number of para-hydroxylation sites is 2. The summed E-state index contributed by atoms with van der Waals surface area (Å²) in [7, 11) is 1.70. The maximum absolute atomic E-state index is 11.5. The Balaban J connectivity index is 1.07. The van der Waals surface area contributed by atoms with E-state index in [9.17, 15) is 4.79 Å². The summed E-state index contributed by atoms with van der Waals surface area (Å²) in [5, 5.41) is 4.65. The first-order chi connectivity index (χ1) is 30.1. The van der Waals surface area contributed by atoms with Gasteiger partial charge < -0.3 is 18.8 Å². The number of benzene rings is 9. The second-order valence-corrected chi connectivity index (χ2v) is 15.3. The number of carbonyl (C=O) groups excluding carboxylic acids is 1. The molecule has 0 fully saturated rings. The number of ether oxygens (including phenoxy) is 1. The molecule has 0 aliphatic carbocycles. The minimum atomic E-state index is 0.654. The third-order valence-corrected chi connectivity index (χ3v) is 11.9. The molecular formula is C56H39N3O2. The highest BCUT2D eigenvalue weighted by atomic mass is 16.5. The van der Waals surface area contributed by atoms with E-state index in [1.807, 2.05) is 36.4 Å². The SMILES string of the molecule is COc1ccc(-n2c3ccccc3c3cc(N(c4ccc(-c5ccc(-c6ccccc6)cc5)cc4)c4ccc5c(c4)c4ccccc4n5-c4ccc(C=O)cc4)ccc32)cc1. The number of methoxy groups -OCH3 is 1. The lowest BCUT2D eigenvalue weighted by atomic mass is 10.00. The summed E-state index contributed by atoms with van der Waals surface area (Å²) in [4.78, 5) is 13.9. The average Bonchev–Trinajstić information content (AvgIpc) is 3.84. The van der Waals surface area contributed by atoms with E-state index in [4.69, 9.17) is 4.74 Å². The molecule has 11 aromatic rings. The first-order valence-electron chi connectivity index (χ1n) is 20.5. The highest BCUT2D eigenvalue weighted by Crippen LogP contribution is 2.43. The Morgan fingerprint density at radius 3 is 1.30 bits per heavy atom.